The normalized spacial score (nSPS) is 16.4. The van der Waals surface area contributed by atoms with Gasteiger partial charge in [-0.05, 0) is 51.2 Å². The number of hydrogen-bond donors (Lipinski definition) is 1. The number of esters is 1. The van der Waals surface area contributed by atoms with Gasteiger partial charge in [0.05, 0.1) is 22.6 Å². The van der Waals surface area contributed by atoms with Crippen molar-refractivity contribution in [2.75, 3.05) is 18.0 Å². The maximum atomic E-state index is 12.7. The molecule has 1 aromatic heterocycles. The van der Waals surface area contributed by atoms with Gasteiger partial charge in [0.1, 0.15) is 18.0 Å². The second-order valence-corrected chi connectivity index (χ2v) is 10.9. The average Bonchev–Trinajstić information content (AvgIpc) is 3.64. The maximum absolute atomic E-state index is 12.7. The Bertz CT molecular complexity index is 1270. The van der Waals surface area contributed by atoms with E-state index in [-0.39, 0.29) is 23.0 Å². The van der Waals surface area contributed by atoms with E-state index in [1.54, 1.807) is 19.1 Å². The Hall–Kier alpha value is -3.45. The molecule has 2 heterocycles. The fraction of sp³-hybridized carbons (Fsp3) is 0.440. The number of sulfonamides is 1. The lowest BCUT2D eigenvalue weighted by Gasteiger charge is -2.32. The highest BCUT2D eigenvalue weighted by atomic mass is 32.2. The Balaban J connectivity index is 1.37. The number of nitrogens with one attached hydrogen (secondary N) is 1. The standard InChI is InChI=1S/C25H28N4O5S/c1-16-3-5-18(6-4-16)15-35(32,33)28-24(30)19-9-11-29(12-10-19)23-20(14-26)13-22(17(2)27-23)25(31)34-21-7-8-21/h3-6,13,19,21H,7-12,15H2,1-2H3,(H,28,30). The van der Waals surface area contributed by atoms with Crippen molar-refractivity contribution in [1.29, 1.82) is 5.26 Å². The number of hydrogen-bond acceptors (Lipinski definition) is 8. The number of nitrogens with zero attached hydrogens (tertiary/aromatic N) is 3. The minimum Gasteiger partial charge on any atom is -0.459 e. The van der Waals surface area contributed by atoms with Crippen LogP contribution in [0.15, 0.2) is 30.3 Å². The van der Waals surface area contributed by atoms with E-state index in [9.17, 15) is 23.3 Å². The number of rotatable bonds is 7. The van der Waals surface area contributed by atoms with Crippen molar-refractivity contribution in [2.24, 2.45) is 5.92 Å². The van der Waals surface area contributed by atoms with E-state index in [4.69, 9.17) is 4.74 Å². The van der Waals surface area contributed by atoms with Gasteiger partial charge in [-0.1, -0.05) is 29.8 Å². The second-order valence-electron chi connectivity index (χ2n) is 9.18. The number of aryl methyl sites for hydroxylation is 2. The molecule has 35 heavy (non-hydrogen) atoms. The summed E-state index contributed by atoms with van der Waals surface area (Å²) in [4.78, 5) is 31.4. The highest BCUT2D eigenvalue weighted by Crippen LogP contribution is 2.29. The first-order valence-corrected chi connectivity index (χ1v) is 13.3. The molecule has 0 radical (unpaired) electrons. The highest BCUT2D eigenvalue weighted by Gasteiger charge is 2.31. The van der Waals surface area contributed by atoms with E-state index in [2.05, 4.69) is 15.8 Å². The van der Waals surface area contributed by atoms with Crippen LogP contribution in [0.25, 0.3) is 0 Å². The summed E-state index contributed by atoms with van der Waals surface area (Å²) in [6.07, 6.45) is 2.51. The van der Waals surface area contributed by atoms with Crippen molar-refractivity contribution in [2.45, 2.75) is 51.4 Å². The number of ether oxygens (including phenoxy) is 1. The quantitative estimate of drug-likeness (QED) is 0.579. The number of carbonyl (C=O) groups is 2. The zero-order valence-electron chi connectivity index (χ0n) is 19.8. The number of pyridine rings is 1. The molecule has 10 heteroatoms. The number of carbonyl (C=O) groups excluding carboxylic acids is 2. The Morgan fingerprint density at radius 1 is 1.14 bits per heavy atom. The van der Waals surface area contributed by atoms with Gasteiger partial charge in [0, 0.05) is 19.0 Å². The molecule has 2 aromatic rings. The number of piperidine rings is 1. The van der Waals surface area contributed by atoms with Crippen molar-refractivity contribution in [3.05, 3.63) is 58.3 Å². The molecule has 1 N–H and O–H groups in total. The van der Waals surface area contributed by atoms with Crippen LogP contribution in [0.1, 0.15) is 58.4 Å². The van der Waals surface area contributed by atoms with Crippen LogP contribution >= 0.6 is 0 Å². The number of aromatic nitrogens is 1. The van der Waals surface area contributed by atoms with E-state index in [1.165, 1.54) is 6.07 Å². The topological polar surface area (TPSA) is 129 Å². The molecule has 0 bridgehead atoms. The van der Waals surface area contributed by atoms with Crippen LogP contribution in [-0.4, -0.2) is 44.5 Å². The molecule has 1 amide bonds. The van der Waals surface area contributed by atoms with Crippen LogP contribution in [0.3, 0.4) is 0 Å². The third kappa shape index (κ3) is 6.17. The molecule has 1 aliphatic heterocycles. The number of amides is 1. The van der Waals surface area contributed by atoms with Crippen LogP contribution in [0.5, 0.6) is 0 Å². The molecule has 0 spiro atoms. The Labute approximate surface area is 205 Å². The summed E-state index contributed by atoms with van der Waals surface area (Å²) in [7, 11) is -3.81. The SMILES string of the molecule is Cc1ccc(CS(=O)(=O)NC(=O)C2CCN(c3nc(C)c(C(=O)OC4CC4)cc3C#N)CC2)cc1. The first kappa shape index (κ1) is 24.7. The van der Waals surface area contributed by atoms with Crippen LogP contribution in [0, 0.1) is 31.1 Å². The maximum Gasteiger partial charge on any atom is 0.340 e. The van der Waals surface area contributed by atoms with Crippen LogP contribution in [0.4, 0.5) is 5.82 Å². The largest absolute Gasteiger partial charge is 0.459 e. The fourth-order valence-corrected chi connectivity index (χ4v) is 5.23. The van der Waals surface area contributed by atoms with Gasteiger partial charge in [0.25, 0.3) is 0 Å². The summed E-state index contributed by atoms with van der Waals surface area (Å²) >= 11 is 0. The summed E-state index contributed by atoms with van der Waals surface area (Å²) in [6, 6.07) is 10.7. The molecule has 1 saturated carbocycles. The van der Waals surface area contributed by atoms with E-state index >= 15 is 0 Å². The van der Waals surface area contributed by atoms with Gasteiger partial charge in [0.2, 0.25) is 15.9 Å². The summed E-state index contributed by atoms with van der Waals surface area (Å²) in [5, 5.41) is 9.64. The zero-order chi connectivity index (χ0) is 25.2. The lowest BCUT2D eigenvalue weighted by atomic mass is 9.96. The molecule has 0 unspecified atom stereocenters. The minimum atomic E-state index is -3.81. The van der Waals surface area contributed by atoms with Gasteiger partial charge >= 0.3 is 5.97 Å². The third-order valence-electron chi connectivity index (χ3n) is 6.23. The minimum absolute atomic E-state index is 0.0435. The van der Waals surface area contributed by atoms with Crippen molar-refractivity contribution >= 4 is 27.7 Å². The van der Waals surface area contributed by atoms with Crippen LogP contribution in [0.2, 0.25) is 0 Å². The Morgan fingerprint density at radius 3 is 2.40 bits per heavy atom. The van der Waals surface area contributed by atoms with Gasteiger partial charge < -0.3 is 9.64 Å². The van der Waals surface area contributed by atoms with E-state index in [0.29, 0.717) is 43.0 Å². The molecule has 0 atom stereocenters. The number of nitriles is 1. The lowest BCUT2D eigenvalue weighted by Crippen LogP contribution is -2.43. The van der Waals surface area contributed by atoms with E-state index in [1.807, 2.05) is 24.0 Å². The molecule has 1 aromatic carbocycles. The molecule has 1 aliphatic carbocycles. The Morgan fingerprint density at radius 2 is 1.80 bits per heavy atom. The molecule has 9 nitrogen and oxygen atoms in total. The summed E-state index contributed by atoms with van der Waals surface area (Å²) in [5.74, 6) is -1.25. The molecule has 1 saturated heterocycles. The number of benzene rings is 1. The van der Waals surface area contributed by atoms with Crippen molar-refractivity contribution in [3.8, 4) is 6.07 Å². The van der Waals surface area contributed by atoms with E-state index < -0.39 is 27.8 Å². The lowest BCUT2D eigenvalue weighted by molar-refractivity contribution is -0.123. The predicted octanol–water partition coefficient (Wildman–Crippen LogP) is 2.75. The monoisotopic (exact) mass is 496 g/mol. The fourth-order valence-electron chi connectivity index (χ4n) is 4.05. The van der Waals surface area contributed by atoms with E-state index in [0.717, 1.165) is 18.4 Å². The highest BCUT2D eigenvalue weighted by molar-refractivity contribution is 7.89. The van der Waals surface area contributed by atoms with Crippen molar-refractivity contribution in [3.63, 3.8) is 0 Å². The van der Waals surface area contributed by atoms with Gasteiger partial charge in [-0.2, -0.15) is 5.26 Å². The summed E-state index contributed by atoms with van der Waals surface area (Å²) in [6.45, 7) is 4.49. The first-order valence-electron chi connectivity index (χ1n) is 11.6. The molecular formula is C25H28N4O5S. The summed E-state index contributed by atoms with van der Waals surface area (Å²) in [5.41, 5.74) is 2.67. The van der Waals surface area contributed by atoms with Crippen LogP contribution < -0.4 is 9.62 Å². The van der Waals surface area contributed by atoms with Crippen molar-refractivity contribution in [1.82, 2.24) is 9.71 Å². The predicted molar refractivity (Wildman–Crippen MR) is 129 cm³/mol. The molecule has 2 aliphatic rings. The molecular weight excluding hydrogens is 468 g/mol. The number of anilines is 1. The van der Waals surface area contributed by atoms with Crippen molar-refractivity contribution < 1.29 is 22.7 Å². The summed E-state index contributed by atoms with van der Waals surface area (Å²) < 4.78 is 32.5. The Kier molecular flexibility index (Phi) is 7.08. The third-order valence-corrected chi connectivity index (χ3v) is 7.46. The average molecular weight is 497 g/mol. The first-order chi connectivity index (χ1) is 16.6. The second kappa shape index (κ2) is 10.0. The zero-order valence-corrected chi connectivity index (χ0v) is 20.6. The molecule has 4 rings (SSSR count). The van der Waals surface area contributed by atoms with Gasteiger partial charge in [-0.15, -0.1) is 0 Å². The van der Waals surface area contributed by atoms with Gasteiger partial charge in [-0.3, -0.25) is 9.52 Å². The van der Waals surface area contributed by atoms with Gasteiger partial charge in [-0.25, -0.2) is 18.2 Å². The molecule has 2 fully saturated rings. The van der Waals surface area contributed by atoms with Gasteiger partial charge in [0.15, 0.2) is 0 Å². The molecule has 184 valence electrons. The van der Waals surface area contributed by atoms with Crippen LogP contribution in [-0.2, 0) is 25.3 Å². The smallest absolute Gasteiger partial charge is 0.340 e.